The summed E-state index contributed by atoms with van der Waals surface area (Å²) in [5.41, 5.74) is 1.04. The fraction of sp³-hybridized carbons (Fsp3) is 0.115. The van der Waals surface area contributed by atoms with E-state index in [1.54, 1.807) is 78.9 Å². The summed E-state index contributed by atoms with van der Waals surface area (Å²) in [6.45, 7) is -0.0835. The van der Waals surface area contributed by atoms with Gasteiger partial charge in [0.1, 0.15) is 18.1 Å². The van der Waals surface area contributed by atoms with E-state index < -0.39 is 17.1 Å². The second-order valence-corrected chi connectivity index (χ2v) is 9.27. The van der Waals surface area contributed by atoms with Gasteiger partial charge in [-0.1, -0.05) is 65.7 Å². The number of rotatable bonds is 9. The number of para-hydroxylation sites is 3. The number of carbonyl (C=O) groups excluding carboxylic acids is 3. The molecule has 184 valence electrons. The molecule has 1 saturated heterocycles. The highest BCUT2D eigenvalue weighted by Crippen LogP contribution is 2.34. The lowest BCUT2D eigenvalue weighted by molar-refractivity contribution is -0.123. The molecule has 4 rings (SSSR count). The van der Waals surface area contributed by atoms with Crippen LogP contribution in [0.4, 0.5) is 10.5 Å². The molecular weight excluding hydrogens is 523 g/mol. The van der Waals surface area contributed by atoms with Crippen molar-refractivity contribution < 1.29 is 23.9 Å². The van der Waals surface area contributed by atoms with Gasteiger partial charge in [0.05, 0.1) is 27.2 Å². The van der Waals surface area contributed by atoms with Gasteiger partial charge in [-0.3, -0.25) is 19.3 Å². The zero-order valence-corrected chi connectivity index (χ0v) is 21.1. The van der Waals surface area contributed by atoms with Crippen LogP contribution < -0.4 is 14.8 Å². The topological polar surface area (TPSA) is 84.9 Å². The second-order valence-electron chi connectivity index (χ2n) is 7.47. The van der Waals surface area contributed by atoms with Crippen LogP contribution in [0.15, 0.2) is 77.7 Å². The molecule has 0 saturated carbocycles. The van der Waals surface area contributed by atoms with Crippen LogP contribution in [0.5, 0.6) is 11.5 Å². The molecule has 1 heterocycles. The molecule has 0 aliphatic carbocycles. The first-order valence-corrected chi connectivity index (χ1v) is 12.4. The molecular formula is C26H20Cl2N2O5S. The van der Waals surface area contributed by atoms with E-state index in [0.29, 0.717) is 32.8 Å². The average Bonchev–Trinajstić information content (AvgIpc) is 3.13. The van der Waals surface area contributed by atoms with Crippen molar-refractivity contribution in [3.63, 3.8) is 0 Å². The molecule has 0 aromatic heterocycles. The Balaban J connectivity index is 1.38. The molecule has 1 fully saturated rings. The van der Waals surface area contributed by atoms with Gasteiger partial charge in [0.25, 0.3) is 17.1 Å². The minimum Gasteiger partial charge on any atom is -0.490 e. The number of hydrogen-bond donors (Lipinski definition) is 1. The van der Waals surface area contributed by atoms with E-state index in [-0.39, 0.29) is 24.7 Å². The number of imide groups is 1. The third-order valence-electron chi connectivity index (χ3n) is 5.00. The lowest BCUT2D eigenvalue weighted by Crippen LogP contribution is -2.32. The number of hydrogen-bond acceptors (Lipinski definition) is 6. The SMILES string of the molecule is O=C(COc1ccccc1/C=C1\SC(=O)N(CCOc2ccccc2Cl)C1=O)Nc1ccccc1Cl. The van der Waals surface area contributed by atoms with Crippen LogP contribution in [0.25, 0.3) is 6.08 Å². The largest absolute Gasteiger partial charge is 0.490 e. The van der Waals surface area contributed by atoms with Gasteiger partial charge in [-0.05, 0) is 48.2 Å². The van der Waals surface area contributed by atoms with Crippen molar-refractivity contribution in [3.05, 3.63) is 93.3 Å². The Morgan fingerprint density at radius 3 is 2.31 bits per heavy atom. The maximum absolute atomic E-state index is 12.9. The third kappa shape index (κ3) is 6.40. The maximum atomic E-state index is 12.9. The van der Waals surface area contributed by atoms with Crippen molar-refractivity contribution in [2.45, 2.75) is 0 Å². The minimum absolute atomic E-state index is 0.0770. The molecule has 36 heavy (non-hydrogen) atoms. The van der Waals surface area contributed by atoms with Crippen molar-refractivity contribution in [1.82, 2.24) is 4.90 Å². The summed E-state index contributed by atoms with van der Waals surface area (Å²) in [6.07, 6.45) is 1.57. The number of carbonyl (C=O) groups is 3. The van der Waals surface area contributed by atoms with E-state index >= 15 is 0 Å². The molecule has 7 nitrogen and oxygen atoms in total. The van der Waals surface area contributed by atoms with Crippen LogP contribution in [0.1, 0.15) is 5.56 Å². The Bertz CT molecular complexity index is 1330. The molecule has 1 N–H and O–H groups in total. The predicted molar refractivity (Wildman–Crippen MR) is 142 cm³/mol. The van der Waals surface area contributed by atoms with Crippen molar-refractivity contribution in [3.8, 4) is 11.5 Å². The number of halogens is 2. The number of nitrogens with zero attached hydrogens (tertiary/aromatic N) is 1. The Kier molecular flexibility index (Phi) is 8.53. The van der Waals surface area contributed by atoms with Gasteiger partial charge in [0, 0.05) is 5.56 Å². The highest BCUT2D eigenvalue weighted by molar-refractivity contribution is 8.18. The zero-order valence-electron chi connectivity index (χ0n) is 18.8. The molecule has 0 spiro atoms. The average molecular weight is 543 g/mol. The highest BCUT2D eigenvalue weighted by atomic mass is 35.5. The first kappa shape index (κ1) is 25.6. The predicted octanol–water partition coefficient (Wildman–Crippen LogP) is 6.13. The second kappa shape index (κ2) is 12.0. The molecule has 0 atom stereocenters. The molecule has 3 amide bonds. The summed E-state index contributed by atoms with van der Waals surface area (Å²) in [6, 6.07) is 20.8. The Morgan fingerprint density at radius 2 is 1.56 bits per heavy atom. The van der Waals surface area contributed by atoms with Gasteiger partial charge in [0.2, 0.25) is 0 Å². The van der Waals surface area contributed by atoms with Crippen molar-refractivity contribution in [2.24, 2.45) is 0 Å². The van der Waals surface area contributed by atoms with Gasteiger partial charge in [-0.25, -0.2) is 0 Å². The maximum Gasteiger partial charge on any atom is 0.293 e. The van der Waals surface area contributed by atoms with Crippen LogP contribution in [0, 0.1) is 0 Å². The van der Waals surface area contributed by atoms with E-state index in [4.69, 9.17) is 32.7 Å². The summed E-state index contributed by atoms with van der Waals surface area (Å²) in [4.78, 5) is 39.0. The number of anilines is 1. The standard InChI is InChI=1S/C26H20Cl2N2O5S/c27-18-8-2-4-10-20(18)29-24(31)16-35-21-11-5-1-7-17(21)15-23-25(32)30(26(33)36-23)13-14-34-22-12-6-3-9-19(22)28/h1-12,15H,13-14,16H2,(H,29,31)/b23-15-. The Morgan fingerprint density at radius 1 is 0.889 bits per heavy atom. The molecule has 1 aliphatic rings. The van der Waals surface area contributed by atoms with Gasteiger partial charge < -0.3 is 14.8 Å². The lowest BCUT2D eigenvalue weighted by atomic mass is 10.2. The molecule has 0 unspecified atom stereocenters. The van der Waals surface area contributed by atoms with Crippen LogP contribution in [0.2, 0.25) is 10.0 Å². The Labute approximate surface area is 222 Å². The van der Waals surface area contributed by atoms with E-state index in [2.05, 4.69) is 5.32 Å². The fourth-order valence-electron chi connectivity index (χ4n) is 3.27. The first-order chi connectivity index (χ1) is 17.4. The van der Waals surface area contributed by atoms with Gasteiger partial charge in [0.15, 0.2) is 6.61 Å². The smallest absolute Gasteiger partial charge is 0.293 e. The zero-order chi connectivity index (χ0) is 25.5. The van der Waals surface area contributed by atoms with Gasteiger partial charge in [-0.15, -0.1) is 0 Å². The van der Waals surface area contributed by atoms with Gasteiger partial charge in [-0.2, -0.15) is 0 Å². The quantitative estimate of drug-likeness (QED) is 0.327. The first-order valence-electron chi connectivity index (χ1n) is 10.8. The van der Waals surface area contributed by atoms with Crippen LogP contribution >= 0.6 is 35.0 Å². The lowest BCUT2D eigenvalue weighted by Gasteiger charge is -2.14. The van der Waals surface area contributed by atoms with Crippen molar-refractivity contribution in [2.75, 3.05) is 25.1 Å². The summed E-state index contributed by atoms with van der Waals surface area (Å²) < 4.78 is 11.3. The molecule has 0 radical (unpaired) electrons. The van der Waals surface area contributed by atoms with Crippen molar-refractivity contribution in [1.29, 1.82) is 0 Å². The number of thioether (sulfide) groups is 1. The normalized spacial score (nSPS) is 14.3. The van der Waals surface area contributed by atoms with E-state index in [9.17, 15) is 14.4 Å². The molecule has 3 aromatic rings. The molecule has 1 aliphatic heterocycles. The number of nitrogens with one attached hydrogen (secondary N) is 1. The van der Waals surface area contributed by atoms with E-state index in [1.165, 1.54) is 0 Å². The summed E-state index contributed by atoms with van der Waals surface area (Å²) >= 11 is 13.0. The highest BCUT2D eigenvalue weighted by Gasteiger charge is 2.35. The number of ether oxygens (including phenoxy) is 2. The Hall–Kier alpha value is -3.46. The molecule has 3 aromatic carbocycles. The minimum atomic E-state index is -0.431. The van der Waals surface area contributed by atoms with Crippen LogP contribution in [-0.2, 0) is 9.59 Å². The summed E-state index contributed by atoms with van der Waals surface area (Å²) in [5, 5.41) is 3.15. The fourth-order valence-corrected chi connectivity index (χ4v) is 4.50. The van der Waals surface area contributed by atoms with Crippen LogP contribution in [-0.4, -0.2) is 41.7 Å². The molecule has 10 heteroatoms. The van der Waals surface area contributed by atoms with Gasteiger partial charge >= 0.3 is 0 Å². The number of benzene rings is 3. The summed E-state index contributed by atoms with van der Waals surface area (Å²) in [7, 11) is 0. The molecule has 0 bridgehead atoms. The van der Waals surface area contributed by atoms with Crippen molar-refractivity contribution >= 4 is 63.8 Å². The van der Waals surface area contributed by atoms with E-state index in [0.717, 1.165) is 16.7 Å². The van der Waals surface area contributed by atoms with Crippen LogP contribution in [0.3, 0.4) is 0 Å². The monoisotopic (exact) mass is 542 g/mol. The number of amides is 3. The van der Waals surface area contributed by atoms with E-state index in [1.807, 2.05) is 0 Å². The third-order valence-corrected chi connectivity index (χ3v) is 6.54. The summed E-state index contributed by atoms with van der Waals surface area (Å²) in [5.74, 6) is 0.0442.